The molecule has 0 radical (unpaired) electrons. The molecule has 8 nitrogen and oxygen atoms in total. The van der Waals surface area contributed by atoms with Crippen LogP contribution in [0.5, 0.6) is 5.75 Å². The van der Waals surface area contributed by atoms with Gasteiger partial charge in [-0.1, -0.05) is 0 Å². The maximum absolute atomic E-state index is 13.2. The summed E-state index contributed by atoms with van der Waals surface area (Å²) < 4.78 is 45.3. The van der Waals surface area contributed by atoms with Crippen molar-refractivity contribution < 1.29 is 37.6 Å². The summed E-state index contributed by atoms with van der Waals surface area (Å²) in [6.45, 7) is 1.29. The molecular formula is C22H24F3N4O4+. The molecule has 0 aliphatic carbocycles. The van der Waals surface area contributed by atoms with Crippen LogP contribution in [0, 0.1) is 16.7 Å². The van der Waals surface area contributed by atoms with Crippen LogP contribution in [-0.4, -0.2) is 71.1 Å². The molecule has 0 spiro atoms. The van der Waals surface area contributed by atoms with Gasteiger partial charge >= 0.3 is 18.0 Å². The summed E-state index contributed by atoms with van der Waals surface area (Å²) in [5, 5.41) is 19.1. The van der Waals surface area contributed by atoms with Gasteiger partial charge in [0.25, 0.3) is 5.91 Å². The molecule has 2 N–H and O–H groups in total. The first-order chi connectivity index (χ1) is 15.6. The van der Waals surface area contributed by atoms with Gasteiger partial charge in [-0.3, -0.25) is 9.69 Å². The maximum atomic E-state index is 13.2. The SMILES string of the molecule is N#CC1(C(F)(F)F)CCN(CCOc2ccc3c(c2)CN(C2CCC(=O)[NH+]=C2O)C3=O)CC1. The van der Waals surface area contributed by atoms with Crippen molar-refractivity contribution in [3.63, 3.8) is 0 Å². The number of ether oxygens (including phenoxy) is 1. The number of carbonyl (C=O) groups excluding carboxylic acids is 2. The van der Waals surface area contributed by atoms with Crippen LogP contribution in [0.25, 0.3) is 0 Å². The molecule has 2 amide bonds. The number of aliphatic hydroxyl groups is 1. The smallest absolute Gasteiger partial charge is 0.407 e. The van der Waals surface area contributed by atoms with Crippen molar-refractivity contribution >= 4 is 17.7 Å². The van der Waals surface area contributed by atoms with E-state index in [2.05, 4.69) is 4.99 Å². The van der Waals surface area contributed by atoms with Gasteiger partial charge in [0.2, 0.25) is 0 Å². The van der Waals surface area contributed by atoms with Crippen molar-refractivity contribution in [2.45, 2.75) is 44.4 Å². The molecule has 0 saturated carbocycles. The summed E-state index contributed by atoms with van der Waals surface area (Å²) in [5.41, 5.74) is -1.03. The number of hydrogen-bond donors (Lipinski definition) is 2. The number of likely N-dealkylation sites (tertiary alicyclic amines) is 1. The average Bonchev–Trinajstić information content (AvgIpc) is 3.09. The van der Waals surface area contributed by atoms with E-state index < -0.39 is 17.6 Å². The minimum atomic E-state index is -4.53. The molecule has 176 valence electrons. The number of nitrogens with one attached hydrogen (secondary N) is 1. The lowest BCUT2D eigenvalue weighted by molar-refractivity contribution is -0.394. The van der Waals surface area contributed by atoms with E-state index in [0.29, 0.717) is 24.3 Å². The zero-order valence-corrected chi connectivity index (χ0v) is 17.8. The molecule has 1 aromatic rings. The number of fused-ring (bicyclic) bond motifs is 1. The fraction of sp³-hybridized carbons (Fsp3) is 0.545. The molecule has 0 bridgehead atoms. The van der Waals surface area contributed by atoms with E-state index in [9.17, 15) is 27.9 Å². The lowest BCUT2D eigenvalue weighted by atomic mass is 9.79. The van der Waals surface area contributed by atoms with Crippen molar-refractivity contribution in [3.05, 3.63) is 29.3 Å². The predicted molar refractivity (Wildman–Crippen MR) is 108 cm³/mol. The fourth-order valence-electron chi connectivity index (χ4n) is 4.57. The highest BCUT2D eigenvalue weighted by molar-refractivity contribution is 6.01. The summed E-state index contributed by atoms with van der Waals surface area (Å²) in [7, 11) is 0. The summed E-state index contributed by atoms with van der Waals surface area (Å²) in [6, 6.07) is 5.94. The average molecular weight is 465 g/mol. The Bertz CT molecular complexity index is 1030. The van der Waals surface area contributed by atoms with Crippen LogP contribution in [-0.2, 0) is 11.3 Å². The van der Waals surface area contributed by atoms with Gasteiger partial charge in [-0.25, -0.2) is 4.79 Å². The summed E-state index contributed by atoms with van der Waals surface area (Å²) >= 11 is 0. The first kappa shape index (κ1) is 23.0. The number of rotatable bonds is 5. The number of nitrogens with zero attached hydrogens (tertiary/aromatic N) is 3. The van der Waals surface area contributed by atoms with Crippen molar-refractivity contribution in [1.29, 1.82) is 5.26 Å². The van der Waals surface area contributed by atoms with E-state index in [1.165, 1.54) is 11.0 Å². The Labute approximate surface area is 188 Å². The Kier molecular flexibility index (Phi) is 6.05. The zero-order valence-electron chi connectivity index (χ0n) is 17.8. The van der Waals surface area contributed by atoms with Gasteiger partial charge in [0.05, 0.1) is 12.5 Å². The molecule has 1 aromatic carbocycles. The van der Waals surface area contributed by atoms with Crippen LogP contribution in [0.15, 0.2) is 18.2 Å². The number of piperidine rings is 1. The molecule has 11 heteroatoms. The summed E-state index contributed by atoms with van der Waals surface area (Å²) in [4.78, 5) is 29.9. The van der Waals surface area contributed by atoms with Crippen molar-refractivity contribution in [1.82, 2.24) is 9.80 Å². The minimum Gasteiger partial charge on any atom is -0.492 e. The summed E-state index contributed by atoms with van der Waals surface area (Å²) in [5.74, 6) is -0.208. The molecule has 3 aliphatic rings. The molecule has 3 aliphatic heterocycles. The van der Waals surface area contributed by atoms with E-state index in [1.54, 1.807) is 18.2 Å². The van der Waals surface area contributed by atoms with Gasteiger partial charge in [0, 0.05) is 31.7 Å². The van der Waals surface area contributed by atoms with Crippen LogP contribution >= 0.6 is 0 Å². The largest absolute Gasteiger partial charge is 0.492 e. The van der Waals surface area contributed by atoms with E-state index in [1.807, 2.05) is 4.90 Å². The molecule has 0 aromatic heterocycles. The highest BCUT2D eigenvalue weighted by Gasteiger charge is 2.56. The number of amides is 2. The van der Waals surface area contributed by atoms with Crippen LogP contribution in [0.1, 0.15) is 41.6 Å². The molecule has 3 heterocycles. The highest BCUT2D eigenvalue weighted by atomic mass is 19.4. The fourth-order valence-corrected chi connectivity index (χ4v) is 4.57. The molecule has 33 heavy (non-hydrogen) atoms. The van der Waals surface area contributed by atoms with Gasteiger partial charge in [-0.15, -0.1) is 4.99 Å². The number of hydrogen-bond acceptors (Lipinski definition) is 5. The lowest BCUT2D eigenvalue weighted by Gasteiger charge is -2.38. The van der Waals surface area contributed by atoms with Crippen LogP contribution in [0.3, 0.4) is 0 Å². The Morgan fingerprint density at radius 1 is 1.27 bits per heavy atom. The maximum Gasteiger partial charge on any atom is 0.407 e. The zero-order chi connectivity index (χ0) is 23.8. The van der Waals surface area contributed by atoms with Crippen LogP contribution in [0.2, 0.25) is 0 Å². The molecule has 1 fully saturated rings. The number of halogens is 3. The molecular weight excluding hydrogens is 441 g/mol. The molecule has 1 atom stereocenters. The van der Waals surface area contributed by atoms with Crippen LogP contribution < -0.4 is 9.73 Å². The van der Waals surface area contributed by atoms with Gasteiger partial charge in [0.15, 0.2) is 11.5 Å². The van der Waals surface area contributed by atoms with E-state index in [-0.39, 0.29) is 63.2 Å². The monoisotopic (exact) mass is 465 g/mol. The van der Waals surface area contributed by atoms with Crippen molar-refractivity contribution in [3.8, 4) is 11.8 Å². The molecule has 1 unspecified atom stereocenters. The normalized spacial score (nSPS) is 23.2. The Morgan fingerprint density at radius 3 is 2.64 bits per heavy atom. The van der Waals surface area contributed by atoms with E-state index >= 15 is 0 Å². The quantitative estimate of drug-likeness (QED) is 0.670. The third-order valence-corrected chi connectivity index (χ3v) is 6.66. The van der Waals surface area contributed by atoms with E-state index in [4.69, 9.17) is 10.00 Å². The minimum absolute atomic E-state index is 0.169. The number of carbonyl (C=O) groups is 2. The third kappa shape index (κ3) is 4.39. The Balaban J connectivity index is 1.31. The topological polar surface area (TPSA) is 108 Å². The summed E-state index contributed by atoms with van der Waals surface area (Å²) in [6.07, 6.45) is -4.47. The van der Waals surface area contributed by atoms with Crippen molar-refractivity contribution in [2.24, 2.45) is 5.41 Å². The molecule has 1 saturated heterocycles. The van der Waals surface area contributed by atoms with Gasteiger partial charge < -0.3 is 14.7 Å². The van der Waals surface area contributed by atoms with E-state index in [0.717, 1.165) is 5.56 Å². The van der Waals surface area contributed by atoms with Crippen molar-refractivity contribution in [2.75, 3.05) is 26.2 Å². The number of benzene rings is 1. The van der Waals surface area contributed by atoms with Gasteiger partial charge in [-0.05, 0) is 43.0 Å². The highest BCUT2D eigenvalue weighted by Crippen LogP contribution is 2.45. The standard InChI is InChI=1S/C22H23F3N4O4/c23-22(24,25)21(13-26)5-7-28(8-6-21)9-10-33-15-1-2-16-14(11-15)12-29(20(16)32)17-3-4-18(30)27-19(17)31/h1-2,11,17H,3-10,12H2,(H,27,30,31)/p+1. The third-order valence-electron chi connectivity index (χ3n) is 6.66. The van der Waals surface area contributed by atoms with Crippen LogP contribution in [0.4, 0.5) is 13.2 Å². The first-order valence-electron chi connectivity index (χ1n) is 10.8. The number of aliphatic hydroxyl groups excluding tert-OH is 1. The second-order valence-electron chi connectivity index (χ2n) is 8.62. The number of nitriles is 1. The predicted octanol–water partition coefficient (Wildman–Crippen LogP) is 0.915. The Hall–Kier alpha value is -3.13. The lowest BCUT2D eigenvalue weighted by Crippen LogP contribution is -2.82. The first-order valence-corrected chi connectivity index (χ1v) is 10.8. The molecule has 4 rings (SSSR count). The van der Waals surface area contributed by atoms with Gasteiger partial charge in [-0.2, -0.15) is 18.4 Å². The Morgan fingerprint density at radius 2 is 2.00 bits per heavy atom. The second kappa shape index (κ2) is 8.67. The number of alkyl halides is 3. The second-order valence-corrected chi connectivity index (χ2v) is 8.62. The van der Waals surface area contributed by atoms with Gasteiger partial charge in [0.1, 0.15) is 12.4 Å².